The zero-order valence-corrected chi connectivity index (χ0v) is 16.8. The lowest BCUT2D eigenvalue weighted by Crippen LogP contribution is -2.43. The summed E-state index contributed by atoms with van der Waals surface area (Å²) in [5.74, 6) is 0. The first-order valence-electron chi connectivity index (χ1n) is 9.47. The first kappa shape index (κ1) is 21.9. The molecule has 0 unspecified atom stereocenters. The SMILES string of the molecule is CC.CC.CCC.CN1CCC2(CC1)CN(C)c1cnccc12. The fraction of sp³-hybridized carbons (Fsp3) is 0.750. The summed E-state index contributed by atoms with van der Waals surface area (Å²) in [5.41, 5.74) is 3.27. The Morgan fingerprint density at radius 3 is 2.09 bits per heavy atom. The minimum atomic E-state index is 0.402. The van der Waals surface area contributed by atoms with Gasteiger partial charge in [0.15, 0.2) is 0 Å². The Bertz CT molecular complexity index is 409. The van der Waals surface area contributed by atoms with E-state index >= 15 is 0 Å². The number of likely N-dealkylation sites (tertiary alicyclic amines) is 1. The van der Waals surface area contributed by atoms with Gasteiger partial charge in [-0.2, -0.15) is 0 Å². The van der Waals surface area contributed by atoms with Crippen molar-refractivity contribution in [1.29, 1.82) is 0 Å². The van der Waals surface area contributed by atoms with E-state index in [-0.39, 0.29) is 0 Å². The zero-order chi connectivity index (χ0) is 17.9. The van der Waals surface area contributed by atoms with Gasteiger partial charge < -0.3 is 9.80 Å². The van der Waals surface area contributed by atoms with Crippen LogP contribution in [0.2, 0.25) is 0 Å². The van der Waals surface area contributed by atoms with Crippen molar-refractivity contribution in [2.75, 3.05) is 38.6 Å². The second-order valence-corrected chi connectivity index (χ2v) is 6.04. The average Bonchev–Trinajstić information content (AvgIpc) is 2.88. The van der Waals surface area contributed by atoms with Crippen LogP contribution >= 0.6 is 0 Å². The molecule has 1 aromatic rings. The molecule has 3 nitrogen and oxygen atoms in total. The van der Waals surface area contributed by atoms with E-state index in [1.54, 1.807) is 0 Å². The molecule has 134 valence electrons. The number of hydrogen-bond donors (Lipinski definition) is 0. The highest BCUT2D eigenvalue weighted by atomic mass is 15.2. The summed E-state index contributed by atoms with van der Waals surface area (Å²) in [7, 11) is 4.41. The molecule has 3 rings (SSSR count). The smallest absolute Gasteiger partial charge is 0.0589 e. The third-order valence-electron chi connectivity index (χ3n) is 4.27. The molecule has 0 aliphatic carbocycles. The summed E-state index contributed by atoms with van der Waals surface area (Å²) in [6.45, 7) is 15.9. The minimum Gasteiger partial charge on any atom is -0.372 e. The number of piperidine rings is 1. The molecule has 0 radical (unpaired) electrons. The molecule has 0 aromatic carbocycles. The van der Waals surface area contributed by atoms with Crippen molar-refractivity contribution in [2.45, 2.75) is 66.2 Å². The van der Waals surface area contributed by atoms with Crippen LogP contribution < -0.4 is 4.90 Å². The summed E-state index contributed by atoms with van der Waals surface area (Å²) >= 11 is 0. The molecule has 1 fully saturated rings. The molecular formula is C20H39N3. The second-order valence-electron chi connectivity index (χ2n) is 6.04. The van der Waals surface area contributed by atoms with Gasteiger partial charge in [0.05, 0.1) is 11.9 Å². The van der Waals surface area contributed by atoms with Crippen molar-refractivity contribution in [3.05, 3.63) is 24.0 Å². The highest BCUT2D eigenvalue weighted by molar-refractivity contribution is 5.60. The van der Waals surface area contributed by atoms with Crippen molar-refractivity contribution < 1.29 is 0 Å². The normalized spacial score (nSPS) is 17.8. The number of fused-ring (bicyclic) bond motifs is 2. The molecule has 0 saturated carbocycles. The monoisotopic (exact) mass is 321 g/mol. The van der Waals surface area contributed by atoms with Crippen LogP contribution in [0.5, 0.6) is 0 Å². The average molecular weight is 322 g/mol. The van der Waals surface area contributed by atoms with E-state index in [9.17, 15) is 0 Å². The van der Waals surface area contributed by atoms with Gasteiger partial charge in [0.1, 0.15) is 0 Å². The number of pyridine rings is 1. The fourth-order valence-corrected chi connectivity index (χ4v) is 3.24. The number of rotatable bonds is 0. The van der Waals surface area contributed by atoms with Gasteiger partial charge in [0.25, 0.3) is 0 Å². The minimum absolute atomic E-state index is 0.402. The van der Waals surface area contributed by atoms with Crippen LogP contribution in [0.15, 0.2) is 18.5 Å². The lowest BCUT2D eigenvalue weighted by atomic mass is 9.75. The lowest BCUT2D eigenvalue weighted by Gasteiger charge is -2.38. The Balaban J connectivity index is 0.000000609. The van der Waals surface area contributed by atoms with Crippen LogP contribution in [-0.4, -0.2) is 43.6 Å². The summed E-state index contributed by atoms with van der Waals surface area (Å²) < 4.78 is 0. The topological polar surface area (TPSA) is 19.4 Å². The van der Waals surface area contributed by atoms with Gasteiger partial charge in [0, 0.05) is 25.2 Å². The van der Waals surface area contributed by atoms with Crippen molar-refractivity contribution in [3.63, 3.8) is 0 Å². The summed E-state index contributed by atoms with van der Waals surface area (Å²) in [6.07, 6.45) is 7.77. The number of nitrogens with zero attached hydrogens (tertiary/aromatic N) is 3. The van der Waals surface area contributed by atoms with Gasteiger partial charge in [-0.1, -0.05) is 48.0 Å². The van der Waals surface area contributed by atoms with Gasteiger partial charge >= 0.3 is 0 Å². The molecule has 1 aromatic heterocycles. The molecule has 3 heterocycles. The number of aromatic nitrogens is 1. The Morgan fingerprint density at radius 2 is 1.57 bits per heavy atom. The Morgan fingerprint density at radius 1 is 1.04 bits per heavy atom. The Labute approximate surface area is 145 Å². The molecule has 2 aliphatic rings. The molecule has 2 aliphatic heterocycles. The lowest BCUT2D eigenvalue weighted by molar-refractivity contribution is 0.197. The summed E-state index contributed by atoms with van der Waals surface area (Å²) in [4.78, 5) is 9.05. The maximum Gasteiger partial charge on any atom is 0.0589 e. The van der Waals surface area contributed by atoms with E-state index < -0.39 is 0 Å². The van der Waals surface area contributed by atoms with Crippen LogP contribution in [-0.2, 0) is 5.41 Å². The van der Waals surface area contributed by atoms with E-state index in [1.165, 1.54) is 50.1 Å². The van der Waals surface area contributed by atoms with Gasteiger partial charge in [-0.15, -0.1) is 0 Å². The quantitative estimate of drug-likeness (QED) is 0.673. The molecule has 3 heteroatoms. The van der Waals surface area contributed by atoms with Crippen molar-refractivity contribution in [3.8, 4) is 0 Å². The molecule has 23 heavy (non-hydrogen) atoms. The van der Waals surface area contributed by atoms with Crippen LogP contribution in [0.4, 0.5) is 5.69 Å². The largest absolute Gasteiger partial charge is 0.372 e. The third-order valence-corrected chi connectivity index (χ3v) is 4.27. The number of anilines is 1. The highest BCUT2D eigenvalue weighted by Crippen LogP contribution is 2.45. The van der Waals surface area contributed by atoms with Crippen LogP contribution in [0, 0.1) is 0 Å². The third kappa shape index (κ3) is 5.49. The highest BCUT2D eigenvalue weighted by Gasteiger charge is 2.42. The molecular weight excluding hydrogens is 282 g/mol. The molecule has 0 amide bonds. The van der Waals surface area contributed by atoms with Gasteiger partial charge in [-0.3, -0.25) is 4.98 Å². The van der Waals surface area contributed by atoms with Gasteiger partial charge in [-0.05, 0) is 44.6 Å². The molecule has 1 saturated heterocycles. The van der Waals surface area contributed by atoms with Crippen molar-refractivity contribution >= 4 is 5.69 Å². The zero-order valence-electron chi connectivity index (χ0n) is 16.8. The second kappa shape index (κ2) is 11.4. The van der Waals surface area contributed by atoms with Gasteiger partial charge in [0.2, 0.25) is 0 Å². The first-order valence-corrected chi connectivity index (χ1v) is 9.47. The summed E-state index contributed by atoms with van der Waals surface area (Å²) in [5, 5.41) is 0. The fourth-order valence-electron chi connectivity index (χ4n) is 3.24. The molecule has 0 N–H and O–H groups in total. The van der Waals surface area contributed by atoms with Crippen LogP contribution in [0.3, 0.4) is 0 Å². The van der Waals surface area contributed by atoms with Crippen LogP contribution in [0.25, 0.3) is 0 Å². The number of likely N-dealkylation sites (N-methyl/N-ethyl adjacent to an activating group) is 1. The predicted octanol–water partition coefficient (Wildman–Crippen LogP) is 4.96. The number of hydrogen-bond acceptors (Lipinski definition) is 3. The molecule has 0 bridgehead atoms. The maximum absolute atomic E-state index is 4.25. The van der Waals surface area contributed by atoms with E-state index in [4.69, 9.17) is 0 Å². The van der Waals surface area contributed by atoms with Crippen LogP contribution in [0.1, 0.15) is 66.4 Å². The summed E-state index contributed by atoms with van der Waals surface area (Å²) in [6, 6.07) is 2.23. The van der Waals surface area contributed by atoms with E-state index in [0.717, 1.165) is 0 Å². The van der Waals surface area contributed by atoms with E-state index in [1.807, 2.05) is 40.1 Å². The van der Waals surface area contributed by atoms with E-state index in [0.29, 0.717) is 5.41 Å². The van der Waals surface area contributed by atoms with Gasteiger partial charge in [-0.25, -0.2) is 0 Å². The molecule has 1 spiro atoms. The molecule has 0 atom stereocenters. The van der Waals surface area contributed by atoms with Crippen molar-refractivity contribution in [1.82, 2.24) is 9.88 Å². The standard InChI is InChI=1S/C13H19N3.C3H8.2C2H6/c1-15-7-4-13(5-8-15)10-16(2)12-9-14-6-3-11(12)13;1-3-2;2*1-2/h3,6,9H,4-5,7-8,10H2,1-2H3;3H2,1-2H3;2*1-2H3. The maximum atomic E-state index is 4.25. The Kier molecular flexibility index (Phi) is 10.9. The van der Waals surface area contributed by atoms with E-state index in [2.05, 4.69) is 48.8 Å². The Hall–Kier alpha value is -1.09. The first-order chi connectivity index (χ1) is 11.1. The van der Waals surface area contributed by atoms with Crippen molar-refractivity contribution in [2.24, 2.45) is 0 Å². The predicted molar refractivity (Wildman–Crippen MR) is 105 cm³/mol.